The highest BCUT2D eigenvalue weighted by atomic mass is 19.4. The molecule has 18 heavy (non-hydrogen) atoms. The summed E-state index contributed by atoms with van der Waals surface area (Å²) < 4.78 is 47.4. The molecule has 1 atom stereocenters. The summed E-state index contributed by atoms with van der Waals surface area (Å²) >= 11 is 0. The van der Waals surface area contributed by atoms with Crippen LogP contribution in [0.15, 0.2) is 24.3 Å². The first-order valence-electron chi connectivity index (χ1n) is 5.66. The SMILES string of the molecule is FC(F)(F)c1ccc(NCC2CCOCO2)cc1. The molecule has 6 heteroatoms. The average molecular weight is 261 g/mol. The number of ether oxygens (including phenoxy) is 2. The summed E-state index contributed by atoms with van der Waals surface area (Å²) in [5, 5.41) is 3.05. The van der Waals surface area contributed by atoms with Gasteiger partial charge in [0.05, 0.1) is 18.3 Å². The second-order valence-electron chi connectivity index (χ2n) is 4.06. The maximum atomic E-state index is 12.3. The summed E-state index contributed by atoms with van der Waals surface area (Å²) in [6, 6.07) is 4.96. The Hall–Kier alpha value is -1.27. The lowest BCUT2D eigenvalue weighted by Crippen LogP contribution is -2.30. The van der Waals surface area contributed by atoms with E-state index >= 15 is 0 Å². The third kappa shape index (κ3) is 3.61. The first-order chi connectivity index (χ1) is 8.55. The van der Waals surface area contributed by atoms with Gasteiger partial charge in [0.15, 0.2) is 0 Å². The van der Waals surface area contributed by atoms with Gasteiger partial charge in [-0.3, -0.25) is 0 Å². The lowest BCUT2D eigenvalue weighted by Gasteiger charge is -2.23. The van der Waals surface area contributed by atoms with Gasteiger partial charge >= 0.3 is 6.18 Å². The zero-order valence-corrected chi connectivity index (χ0v) is 9.67. The molecule has 0 amide bonds. The number of hydrogen-bond donors (Lipinski definition) is 1. The maximum Gasteiger partial charge on any atom is 0.416 e. The molecule has 0 aliphatic carbocycles. The summed E-state index contributed by atoms with van der Waals surface area (Å²) in [5.41, 5.74) is 0.00783. The molecule has 1 N–H and O–H groups in total. The number of rotatable bonds is 3. The maximum absolute atomic E-state index is 12.3. The predicted molar refractivity (Wildman–Crippen MR) is 60.2 cm³/mol. The Bertz CT molecular complexity index is 372. The Labute approximate surface area is 103 Å². The van der Waals surface area contributed by atoms with Crippen molar-refractivity contribution in [3.63, 3.8) is 0 Å². The van der Waals surface area contributed by atoms with Gasteiger partial charge in [-0.25, -0.2) is 0 Å². The Morgan fingerprint density at radius 3 is 2.50 bits per heavy atom. The van der Waals surface area contributed by atoms with Crippen LogP contribution in [0.5, 0.6) is 0 Å². The van der Waals surface area contributed by atoms with Crippen molar-refractivity contribution in [3.05, 3.63) is 29.8 Å². The zero-order chi connectivity index (χ0) is 13.0. The highest BCUT2D eigenvalue weighted by molar-refractivity contribution is 5.45. The van der Waals surface area contributed by atoms with Crippen LogP contribution in [0.4, 0.5) is 18.9 Å². The van der Waals surface area contributed by atoms with Crippen LogP contribution >= 0.6 is 0 Å². The van der Waals surface area contributed by atoms with Crippen molar-refractivity contribution >= 4 is 5.69 Å². The Morgan fingerprint density at radius 1 is 1.22 bits per heavy atom. The van der Waals surface area contributed by atoms with Crippen LogP contribution in [0.3, 0.4) is 0 Å². The fourth-order valence-electron chi connectivity index (χ4n) is 1.67. The van der Waals surface area contributed by atoms with E-state index in [0.29, 0.717) is 18.8 Å². The second kappa shape index (κ2) is 5.58. The van der Waals surface area contributed by atoms with Crippen LogP contribution < -0.4 is 5.32 Å². The van der Waals surface area contributed by atoms with Crippen LogP contribution in [0, 0.1) is 0 Å². The molecule has 100 valence electrons. The standard InChI is InChI=1S/C12H14F3NO2/c13-12(14,15)9-1-3-10(4-2-9)16-7-11-5-6-17-8-18-11/h1-4,11,16H,5-8H2. The quantitative estimate of drug-likeness (QED) is 0.907. The number of nitrogens with one attached hydrogen (secondary N) is 1. The van der Waals surface area contributed by atoms with Crippen molar-refractivity contribution in [1.82, 2.24) is 0 Å². The third-order valence-corrected chi connectivity index (χ3v) is 2.72. The van der Waals surface area contributed by atoms with E-state index in [9.17, 15) is 13.2 Å². The van der Waals surface area contributed by atoms with Crippen molar-refractivity contribution in [1.29, 1.82) is 0 Å². The van der Waals surface area contributed by atoms with Crippen LogP contribution in [0.1, 0.15) is 12.0 Å². The van der Waals surface area contributed by atoms with Gasteiger partial charge in [0, 0.05) is 12.2 Å². The molecular weight excluding hydrogens is 247 g/mol. The number of benzene rings is 1. The van der Waals surface area contributed by atoms with Gasteiger partial charge in [0.25, 0.3) is 0 Å². The molecule has 2 rings (SSSR count). The Morgan fingerprint density at radius 2 is 1.94 bits per heavy atom. The van der Waals surface area contributed by atoms with Crippen LogP contribution in [-0.2, 0) is 15.7 Å². The highest BCUT2D eigenvalue weighted by Gasteiger charge is 2.29. The molecule has 1 aromatic carbocycles. The monoisotopic (exact) mass is 261 g/mol. The fraction of sp³-hybridized carbons (Fsp3) is 0.500. The minimum absolute atomic E-state index is 0.0426. The number of hydrogen-bond acceptors (Lipinski definition) is 3. The minimum atomic E-state index is -4.29. The van der Waals surface area contributed by atoms with Gasteiger partial charge in [-0.2, -0.15) is 13.2 Å². The summed E-state index contributed by atoms with van der Waals surface area (Å²) in [4.78, 5) is 0. The molecule has 0 saturated carbocycles. The summed E-state index contributed by atoms with van der Waals surface area (Å²) in [6.07, 6.45) is -3.46. The number of anilines is 1. The van der Waals surface area contributed by atoms with Gasteiger partial charge in [0.1, 0.15) is 6.79 Å². The van der Waals surface area contributed by atoms with E-state index in [4.69, 9.17) is 9.47 Å². The molecular formula is C12H14F3NO2. The fourth-order valence-corrected chi connectivity index (χ4v) is 1.67. The van der Waals surface area contributed by atoms with Crippen molar-refractivity contribution in [2.75, 3.05) is 25.3 Å². The van der Waals surface area contributed by atoms with Crippen molar-refractivity contribution < 1.29 is 22.6 Å². The largest absolute Gasteiger partial charge is 0.416 e. The zero-order valence-electron chi connectivity index (χ0n) is 9.67. The van der Waals surface area contributed by atoms with E-state index < -0.39 is 11.7 Å². The summed E-state index contributed by atoms with van der Waals surface area (Å²) in [5.74, 6) is 0. The molecule has 1 aliphatic rings. The Kier molecular flexibility index (Phi) is 4.08. The molecule has 1 saturated heterocycles. The normalized spacial score (nSPS) is 20.7. The molecule has 3 nitrogen and oxygen atoms in total. The first-order valence-corrected chi connectivity index (χ1v) is 5.66. The van der Waals surface area contributed by atoms with Crippen molar-refractivity contribution in [2.45, 2.75) is 18.7 Å². The number of halogens is 3. The molecule has 1 fully saturated rings. The highest BCUT2D eigenvalue weighted by Crippen LogP contribution is 2.29. The summed E-state index contributed by atoms with van der Waals surface area (Å²) in [6.45, 7) is 1.49. The summed E-state index contributed by atoms with van der Waals surface area (Å²) in [7, 11) is 0. The lowest BCUT2D eigenvalue weighted by molar-refractivity contribution is -0.137. The molecule has 1 aromatic rings. The average Bonchev–Trinajstić information content (AvgIpc) is 2.37. The van der Waals surface area contributed by atoms with Crippen LogP contribution in [0.25, 0.3) is 0 Å². The second-order valence-corrected chi connectivity index (χ2v) is 4.06. The van der Waals surface area contributed by atoms with E-state index in [1.54, 1.807) is 0 Å². The smallest absolute Gasteiger partial charge is 0.382 e. The molecule has 1 heterocycles. The van der Waals surface area contributed by atoms with Gasteiger partial charge in [0.2, 0.25) is 0 Å². The molecule has 0 spiro atoms. The van der Waals surface area contributed by atoms with Gasteiger partial charge < -0.3 is 14.8 Å². The van der Waals surface area contributed by atoms with Gasteiger partial charge in [-0.15, -0.1) is 0 Å². The van der Waals surface area contributed by atoms with E-state index in [2.05, 4.69) is 5.32 Å². The van der Waals surface area contributed by atoms with Crippen molar-refractivity contribution in [3.8, 4) is 0 Å². The number of alkyl halides is 3. The molecule has 0 bridgehead atoms. The van der Waals surface area contributed by atoms with E-state index in [-0.39, 0.29) is 12.9 Å². The van der Waals surface area contributed by atoms with Gasteiger partial charge in [-0.1, -0.05) is 0 Å². The topological polar surface area (TPSA) is 30.5 Å². The Balaban J connectivity index is 1.86. The predicted octanol–water partition coefficient (Wildman–Crippen LogP) is 2.88. The lowest BCUT2D eigenvalue weighted by atomic mass is 10.2. The molecule has 1 unspecified atom stereocenters. The van der Waals surface area contributed by atoms with Crippen LogP contribution in [0.2, 0.25) is 0 Å². The molecule has 0 radical (unpaired) electrons. The molecule has 0 aromatic heterocycles. The minimum Gasteiger partial charge on any atom is -0.382 e. The third-order valence-electron chi connectivity index (χ3n) is 2.72. The van der Waals surface area contributed by atoms with Crippen LogP contribution in [-0.4, -0.2) is 26.0 Å². The van der Waals surface area contributed by atoms with E-state index in [0.717, 1.165) is 18.6 Å². The van der Waals surface area contributed by atoms with Crippen molar-refractivity contribution in [2.24, 2.45) is 0 Å². The van der Waals surface area contributed by atoms with E-state index in [1.165, 1.54) is 12.1 Å². The molecule has 1 aliphatic heterocycles. The van der Waals surface area contributed by atoms with Gasteiger partial charge in [-0.05, 0) is 30.7 Å². The van der Waals surface area contributed by atoms with E-state index in [1.807, 2.05) is 0 Å². The first kappa shape index (κ1) is 13.2.